The number of allylic oxidation sites excluding steroid dienone is 1. The lowest BCUT2D eigenvalue weighted by Gasteiger charge is -2.42. The molecule has 0 saturated carbocycles. The van der Waals surface area contributed by atoms with Gasteiger partial charge in [-0.25, -0.2) is 0 Å². The lowest BCUT2D eigenvalue weighted by molar-refractivity contribution is 0.163. The highest BCUT2D eigenvalue weighted by Gasteiger charge is 2.28. The third kappa shape index (κ3) is 1.35. The number of nitrogens with zero attached hydrogens (tertiary/aromatic N) is 1. The van der Waals surface area contributed by atoms with Crippen molar-refractivity contribution in [3.05, 3.63) is 29.9 Å². The summed E-state index contributed by atoms with van der Waals surface area (Å²) in [6.07, 6.45) is 9.88. The Morgan fingerprint density at radius 2 is 2.21 bits per heavy atom. The second-order valence-electron chi connectivity index (χ2n) is 4.33. The quantitative estimate of drug-likeness (QED) is 0.675. The molecule has 0 atom stereocenters. The van der Waals surface area contributed by atoms with Gasteiger partial charge in [-0.3, -0.25) is 0 Å². The van der Waals surface area contributed by atoms with Gasteiger partial charge in [-0.05, 0) is 37.3 Å². The number of rotatable bonds is 1. The Kier molecular flexibility index (Phi) is 1.86. The first kappa shape index (κ1) is 8.16. The van der Waals surface area contributed by atoms with Crippen LogP contribution in [0.2, 0.25) is 0 Å². The molecule has 2 bridgehead atoms. The first-order valence-electron chi connectivity index (χ1n) is 5.39. The minimum atomic E-state index is 0.943. The molecule has 74 valence electrons. The van der Waals surface area contributed by atoms with Crippen molar-refractivity contribution < 1.29 is 4.42 Å². The van der Waals surface area contributed by atoms with Crippen molar-refractivity contribution in [1.29, 1.82) is 0 Å². The van der Waals surface area contributed by atoms with E-state index in [-0.39, 0.29) is 0 Å². The van der Waals surface area contributed by atoms with Gasteiger partial charge in [-0.1, -0.05) is 0 Å². The van der Waals surface area contributed by atoms with Gasteiger partial charge < -0.3 is 9.32 Å². The maximum absolute atomic E-state index is 5.07. The Morgan fingerprint density at radius 3 is 2.79 bits per heavy atom. The molecule has 2 nitrogen and oxygen atoms in total. The Balaban J connectivity index is 1.85. The van der Waals surface area contributed by atoms with E-state index in [1.165, 1.54) is 43.6 Å². The molecule has 14 heavy (non-hydrogen) atoms. The van der Waals surface area contributed by atoms with E-state index >= 15 is 0 Å². The second-order valence-corrected chi connectivity index (χ2v) is 4.33. The fourth-order valence-electron chi connectivity index (χ4n) is 2.55. The van der Waals surface area contributed by atoms with Gasteiger partial charge in [0.2, 0.25) is 0 Å². The van der Waals surface area contributed by atoms with E-state index in [0.29, 0.717) is 0 Å². The summed E-state index contributed by atoms with van der Waals surface area (Å²) in [5.41, 5.74) is 2.71. The first-order valence-corrected chi connectivity index (χ1v) is 5.39. The van der Waals surface area contributed by atoms with Crippen molar-refractivity contribution in [3.8, 4) is 0 Å². The Bertz CT molecular complexity index is 331. The van der Waals surface area contributed by atoms with Gasteiger partial charge in [-0.15, -0.1) is 0 Å². The van der Waals surface area contributed by atoms with Crippen LogP contribution in [-0.4, -0.2) is 18.0 Å². The normalized spacial score (nSPS) is 24.9. The number of piperidine rings is 3. The summed E-state index contributed by atoms with van der Waals surface area (Å²) in [7, 11) is 0. The smallest absolute Gasteiger partial charge is 0.0975 e. The minimum absolute atomic E-state index is 0.943. The monoisotopic (exact) mass is 189 g/mol. The molecule has 3 saturated heterocycles. The SMILES string of the molecule is C(=C1CC2CCN1CC2)c1ccoc1. The molecule has 4 heterocycles. The lowest BCUT2D eigenvalue weighted by atomic mass is 9.86. The molecule has 0 aromatic carbocycles. The van der Waals surface area contributed by atoms with Gasteiger partial charge in [-0.2, -0.15) is 0 Å². The highest BCUT2D eigenvalue weighted by molar-refractivity contribution is 5.51. The van der Waals surface area contributed by atoms with Gasteiger partial charge in [0.15, 0.2) is 0 Å². The van der Waals surface area contributed by atoms with Crippen molar-refractivity contribution in [2.45, 2.75) is 19.3 Å². The number of hydrogen-bond acceptors (Lipinski definition) is 2. The molecule has 4 rings (SSSR count). The van der Waals surface area contributed by atoms with Crippen LogP contribution in [-0.2, 0) is 0 Å². The summed E-state index contributed by atoms with van der Waals surface area (Å²) < 4.78 is 5.07. The molecule has 0 radical (unpaired) electrons. The average Bonchev–Trinajstić information content (AvgIpc) is 2.72. The third-order valence-electron chi connectivity index (χ3n) is 3.39. The summed E-state index contributed by atoms with van der Waals surface area (Å²) in [5, 5.41) is 0. The zero-order valence-electron chi connectivity index (χ0n) is 8.28. The largest absolute Gasteiger partial charge is 0.472 e. The van der Waals surface area contributed by atoms with Gasteiger partial charge in [0, 0.05) is 24.4 Å². The molecule has 1 aromatic heterocycles. The van der Waals surface area contributed by atoms with Crippen molar-refractivity contribution in [3.63, 3.8) is 0 Å². The average molecular weight is 189 g/mol. The van der Waals surface area contributed by atoms with E-state index in [1.54, 1.807) is 6.26 Å². The predicted octanol–water partition coefficient (Wildman–Crippen LogP) is 2.74. The molecule has 3 fully saturated rings. The first-order chi connectivity index (χ1) is 6.92. The van der Waals surface area contributed by atoms with Gasteiger partial charge in [0.25, 0.3) is 0 Å². The molecule has 0 N–H and O–H groups in total. The van der Waals surface area contributed by atoms with E-state index in [1.807, 2.05) is 12.3 Å². The fourth-order valence-corrected chi connectivity index (χ4v) is 2.55. The predicted molar refractivity (Wildman–Crippen MR) is 55.6 cm³/mol. The zero-order valence-corrected chi connectivity index (χ0v) is 8.28. The Morgan fingerprint density at radius 1 is 1.36 bits per heavy atom. The van der Waals surface area contributed by atoms with Crippen LogP contribution in [0.25, 0.3) is 6.08 Å². The summed E-state index contributed by atoms with van der Waals surface area (Å²) in [6.45, 7) is 2.52. The van der Waals surface area contributed by atoms with E-state index in [0.717, 1.165) is 5.92 Å². The standard InChI is InChI=1S/C12H15NO/c1-4-13-5-2-10(1)7-12(13)8-11-3-6-14-9-11/h3,6,8-10H,1-2,4-5,7H2. The summed E-state index contributed by atoms with van der Waals surface area (Å²) in [4.78, 5) is 2.52. The summed E-state index contributed by atoms with van der Waals surface area (Å²) >= 11 is 0. The van der Waals surface area contributed by atoms with E-state index < -0.39 is 0 Å². The topological polar surface area (TPSA) is 16.4 Å². The van der Waals surface area contributed by atoms with Crippen LogP contribution >= 0.6 is 0 Å². The Hall–Kier alpha value is -1.18. The number of fused-ring (bicyclic) bond motifs is 3. The second kappa shape index (κ2) is 3.19. The maximum atomic E-state index is 5.07. The maximum Gasteiger partial charge on any atom is 0.0975 e. The van der Waals surface area contributed by atoms with Crippen LogP contribution < -0.4 is 0 Å². The Labute approximate surface area is 84.2 Å². The van der Waals surface area contributed by atoms with Crippen LogP contribution in [0, 0.1) is 5.92 Å². The van der Waals surface area contributed by atoms with Crippen molar-refractivity contribution in [1.82, 2.24) is 4.90 Å². The van der Waals surface area contributed by atoms with Crippen LogP contribution in [0.1, 0.15) is 24.8 Å². The van der Waals surface area contributed by atoms with E-state index in [4.69, 9.17) is 4.42 Å². The van der Waals surface area contributed by atoms with E-state index in [9.17, 15) is 0 Å². The summed E-state index contributed by atoms with van der Waals surface area (Å²) in [5.74, 6) is 0.943. The molecule has 3 aliphatic rings. The van der Waals surface area contributed by atoms with Gasteiger partial charge >= 0.3 is 0 Å². The molecular formula is C12H15NO. The molecule has 3 aliphatic heterocycles. The minimum Gasteiger partial charge on any atom is -0.472 e. The number of furan rings is 1. The van der Waals surface area contributed by atoms with Crippen molar-refractivity contribution in [2.75, 3.05) is 13.1 Å². The highest BCUT2D eigenvalue weighted by atomic mass is 16.3. The van der Waals surface area contributed by atoms with Crippen molar-refractivity contribution in [2.24, 2.45) is 5.92 Å². The molecule has 0 unspecified atom stereocenters. The number of hydrogen-bond donors (Lipinski definition) is 0. The van der Waals surface area contributed by atoms with Crippen molar-refractivity contribution >= 4 is 6.08 Å². The van der Waals surface area contributed by atoms with Crippen LogP contribution in [0.5, 0.6) is 0 Å². The highest BCUT2D eigenvalue weighted by Crippen LogP contribution is 2.35. The van der Waals surface area contributed by atoms with Crippen LogP contribution in [0.15, 0.2) is 28.7 Å². The van der Waals surface area contributed by atoms with Crippen LogP contribution in [0.4, 0.5) is 0 Å². The molecule has 0 spiro atoms. The van der Waals surface area contributed by atoms with Gasteiger partial charge in [0.1, 0.15) is 0 Å². The van der Waals surface area contributed by atoms with Crippen LogP contribution in [0.3, 0.4) is 0 Å². The molecule has 0 amide bonds. The summed E-state index contributed by atoms with van der Waals surface area (Å²) in [6, 6.07) is 2.02. The third-order valence-corrected chi connectivity index (χ3v) is 3.39. The molecule has 1 aromatic rings. The molecular weight excluding hydrogens is 174 g/mol. The van der Waals surface area contributed by atoms with Gasteiger partial charge in [0.05, 0.1) is 12.5 Å². The molecule has 2 heteroatoms. The van der Waals surface area contributed by atoms with E-state index in [2.05, 4.69) is 11.0 Å². The molecule has 0 aliphatic carbocycles. The zero-order chi connectivity index (χ0) is 9.38. The lowest BCUT2D eigenvalue weighted by Crippen LogP contribution is -2.39. The fraction of sp³-hybridized carbons (Fsp3) is 0.500.